The smallest absolute Gasteiger partial charge is 0.126 e. The summed E-state index contributed by atoms with van der Waals surface area (Å²) in [4.78, 5) is 4.15. The monoisotopic (exact) mass is 221 g/mol. The van der Waals surface area contributed by atoms with Gasteiger partial charge in [0.2, 0.25) is 0 Å². The summed E-state index contributed by atoms with van der Waals surface area (Å²) in [5.74, 6) is 1.32. The largest absolute Gasteiger partial charge is 0.383 e. The van der Waals surface area contributed by atoms with Gasteiger partial charge in [-0.25, -0.2) is 4.98 Å². The maximum absolute atomic E-state index is 5.89. The van der Waals surface area contributed by atoms with Crippen LogP contribution in [0.5, 0.6) is 0 Å². The van der Waals surface area contributed by atoms with Crippen LogP contribution in [0.25, 0.3) is 0 Å². The lowest BCUT2D eigenvalue weighted by Gasteiger charge is -2.20. The number of nitrogen functional groups attached to an aromatic ring is 1. The van der Waals surface area contributed by atoms with E-state index in [1.165, 1.54) is 11.1 Å². The molecule has 0 aromatic carbocycles. The molecule has 0 radical (unpaired) electrons. The summed E-state index contributed by atoms with van der Waals surface area (Å²) >= 11 is 0. The van der Waals surface area contributed by atoms with Gasteiger partial charge in [0.05, 0.1) is 0 Å². The average Bonchev–Trinajstić information content (AvgIpc) is 2.22. The molecule has 1 rings (SSSR count). The Labute approximate surface area is 98.5 Å². The highest BCUT2D eigenvalue weighted by atomic mass is 14.9. The number of hydrogen-bond acceptors (Lipinski definition) is 3. The molecule has 0 saturated carbocycles. The third-order valence-corrected chi connectivity index (χ3v) is 3.20. The van der Waals surface area contributed by atoms with Gasteiger partial charge < -0.3 is 11.1 Å². The molecule has 1 aromatic rings. The molecule has 3 nitrogen and oxygen atoms in total. The first-order chi connectivity index (χ1) is 7.56. The Kier molecular flexibility index (Phi) is 4.74. The van der Waals surface area contributed by atoms with Crippen LogP contribution in [0.1, 0.15) is 31.4 Å². The molecule has 0 amide bonds. The van der Waals surface area contributed by atoms with E-state index in [1.807, 2.05) is 13.1 Å². The highest BCUT2D eigenvalue weighted by molar-refractivity contribution is 5.43. The van der Waals surface area contributed by atoms with Crippen molar-refractivity contribution in [2.75, 3.05) is 12.8 Å². The van der Waals surface area contributed by atoms with Gasteiger partial charge in [-0.2, -0.15) is 0 Å². The Morgan fingerprint density at radius 1 is 1.44 bits per heavy atom. The first kappa shape index (κ1) is 13.0. The van der Waals surface area contributed by atoms with Gasteiger partial charge in [-0.15, -0.1) is 0 Å². The molecule has 0 aliphatic heterocycles. The average molecular weight is 221 g/mol. The minimum Gasteiger partial charge on any atom is -0.383 e. The van der Waals surface area contributed by atoms with Crippen molar-refractivity contribution in [2.45, 2.75) is 39.7 Å². The van der Waals surface area contributed by atoms with E-state index >= 15 is 0 Å². The van der Waals surface area contributed by atoms with Gasteiger partial charge in [-0.05, 0) is 49.9 Å². The van der Waals surface area contributed by atoms with Gasteiger partial charge in [0.15, 0.2) is 0 Å². The van der Waals surface area contributed by atoms with Gasteiger partial charge in [-0.3, -0.25) is 0 Å². The van der Waals surface area contributed by atoms with Crippen LogP contribution in [-0.4, -0.2) is 18.1 Å². The fourth-order valence-corrected chi connectivity index (χ4v) is 2.05. The molecule has 1 aromatic heterocycles. The Morgan fingerprint density at radius 2 is 2.12 bits per heavy atom. The SMILES string of the molecule is CNC(CCc1c(C)ccnc1N)C(C)C. The fraction of sp³-hybridized carbons (Fsp3) is 0.615. The lowest BCUT2D eigenvalue weighted by atomic mass is 9.95. The highest BCUT2D eigenvalue weighted by Gasteiger charge is 2.12. The summed E-state index contributed by atoms with van der Waals surface area (Å²) in [6, 6.07) is 2.56. The Bertz CT molecular complexity index is 314. The summed E-state index contributed by atoms with van der Waals surface area (Å²) < 4.78 is 0. The zero-order chi connectivity index (χ0) is 12.1. The van der Waals surface area contributed by atoms with Crippen molar-refractivity contribution in [1.82, 2.24) is 10.3 Å². The van der Waals surface area contributed by atoms with E-state index in [0.717, 1.165) is 12.8 Å². The second kappa shape index (κ2) is 5.85. The normalized spacial score (nSPS) is 13.1. The van der Waals surface area contributed by atoms with Crippen molar-refractivity contribution >= 4 is 5.82 Å². The Balaban J connectivity index is 2.67. The number of nitrogens with one attached hydrogen (secondary N) is 1. The van der Waals surface area contributed by atoms with Crippen LogP contribution in [0, 0.1) is 12.8 Å². The molecule has 1 atom stereocenters. The molecule has 16 heavy (non-hydrogen) atoms. The number of rotatable bonds is 5. The number of aromatic nitrogens is 1. The third kappa shape index (κ3) is 3.20. The number of aryl methyl sites for hydroxylation is 1. The highest BCUT2D eigenvalue weighted by Crippen LogP contribution is 2.18. The molecule has 3 N–H and O–H groups in total. The van der Waals surface area contributed by atoms with Crippen LogP contribution < -0.4 is 11.1 Å². The molecule has 90 valence electrons. The summed E-state index contributed by atoms with van der Waals surface area (Å²) in [5.41, 5.74) is 8.33. The molecule has 3 heteroatoms. The van der Waals surface area contributed by atoms with Crippen LogP contribution in [0.4, 0.5) is 5.82 Å². The zero-order valence-corrected chi connectivity index (χ0v) is 10.7. The summed E-state index contributed by atoms with van der Waals surface area (Å²) in [6.45, 7) is 6.57. The van der Waals surface area contributed by atoms with E-state index in [-0.39, 0.29) is 0 Å². The van der Waals surface area contributed by atoms with Crippen molar-refractivity contribution in [3.63, 3.8) is 0 Å². The number of hydrogen-bond donors (Lipinski definition) is 2. The van der Waals surface area contributed by atoms with E-state index in [1.54, 1.807) is 6.20 Å². The quantitative estimate of drug-likeness (QED) is 0.801. The van der Waals surface area contributed by atoms with Crippen LogP contribution >= 0.6 is 0 Å². The van der Waals surface area contributed by atoms with Crippen molar-refractivity contribution in [3.8, 4) is 0 Å². The van der Waals surface area contributed by atoms with Crippen molar-refractivity contribution in [3.05, 3.63) is 23.4 Å². The van der Waals surface area contributed by atoms with Crippen molar-refractivity contribution < 1.29 is 0 Å². The maximum Gasteiger partial charge on any atom is 0.126 e. The maximum atomic E-state index is 5.89. The molecule has 0 spiro atoms. The van der Waals surface area contributed by atoms with Gasteiger partial charge >= 0.3 is 0 Å². The predicted octanol–water partition coefficient (Wildman–Crippen LogP) is 2.15. The molecule has 0 aliphatic rings. The van der Waals surface area contributed by atoms with Crippen LogP contribution in [-0.2, 0) is 6.42 Å². The molecule has 1 heterocycles. The summed E-state index contributed by atoms with van der Waals surface area (Å²) in [5, 5.41) is 3.35. The van der Waals surface area contributed by atoms with E-state index in [2.05, 4.69) is 31.1 Å². The Hall–Kier alpha value is -1.09. The fourth-order valence-electron chi connectivity index (χ4n) is 2.05. The minimum absolute atomic E-state index is 0.541. The third-order valence-electron chi connectivity index (χ3n) is 3.20. The standard InChI is InChI=1S/C13H23N3/c1-9(2)12(15-4)6-5-11-10(3)7-8-16-13(11)14/h7-9,12,15H,5-6H2,1-4H3,(H2,14,16). The van der Waals surface area contributed by atoms with Crippen LogP contribution in [0.2, 0.25) is 0 Å². The number of anilines is 1. The topological polar surface area (TPSA) is 50.9 Å². The van der Waals surface area contributed by atoms with Gasteiger partial charge in [0, 0.05) is 12.2 Å². The molecule has 0 fully saturated rings. The summed E-state index contributed by atoms with van der Waals surface area (Å²) in [7, 11) is 2.02. The van der Waals surface area contributed by atoms with E-state index in [4.69, 9.17) is 5.73 Å². The Morgan fingerprint density at radius 3 is 2.62 bits per heavy atom. The second-order valence-corrected chi connectivity index (χ2v) is 4.67. The van der Waals surface area contributed by atoms with Crippen molar-refractivity contribution in [1.29, 1.82) is 0 Å². The van der Waals surface area contributed by atoms with Gasteiger partial charge in [0.25, 0.3) is 0 Å². The number of nitrogens with zero attached hydrogens (tertiary/aromatic N) is 1. The van der Waals surface area contributed by atoms with Gasteiger partial charge in [-0.1, -0.05) is 13.8 Å². The molecule has 0 aliphatic carbocycles. The van der Waals surface area contributed by atoms with Crippen molar-refractivity contribution in [2.24, 2.45) is 5.92 Å². The lowest BCUT2D eigenvalue weighted by Crippen LogP contribution is -2.31. The molecule has 0 saturated heterocycles. The molecular formula is C13H23N3. The van der Waals surface area contributed by atoms with Gasteiger partial charge in [0.1, 0.15) is 5.82 Å². The minimum atomic E-state index is 0.541. The predicted molar refractivity (Wildman–Crippen MR) is 69.4 cm³/mol. The van der Waals surface area contributed by atoms with E-state index in [9.17, 15) is 0 Å². The van der Waals surface area contributed by atoms with E-state index in [0.29, 0.717) is 17.8 Å². The molecular weight excluding hydrogens is 198 g/mol. The number of nitrogens with two attached hydrogens (primary N) is 1. The molecule has 1 unspecified atom stereocenters. The first-order valence-corrected chi connectivity index (χ1v) is 5.93. The number of pyridine rings is 1. The van der Waals surface area contributed by atoms with Crippen LogP contribution in [0.15, 0.2) is 12.3 Å². The first-order valence-electron chi connectivity index (χ1n) is 5.93. The van der Waals surface area contributed by atoms with E-state index < -0.39 is 0 Å². The molecule has 0 bridgehead atoms. The zero-order valence-electron chi connectivity index (χ0n) is 10.7. The lowest BCUT2D eigenvalue weighted by molar-refractivity contribution is 0.403. The second-order valence-electron chi connectivity index (χ2n) is 4.67. The summed E-state index contributed by atoms with van der Waals surface area (Å²) in [6.07, 6.45) is 3.87. The van der Waals surface area contributed by atoms with Crippen LogP contribution in [0.3, 0.4) is 0 Å².